The molecule has 0 bridgehead atoms. The van der Waals surface area contributed by atoms with Crippen molar-refractivity contribution in [1.29, 1.82) is 0 Å². The lowest BCUT2D eigenvalue weighted by Crippen LogP contribution is -2.05. The van der Waals surface area contributed by atoms with Gasteiger partial charge in [0.25, 0.3) is 0 Å². The normalized spacial score (nSPS) is 11.1. The van der Waals surface area contributed by atoms with E-state index < -0.39 is 5.97 Å². The van der Waals surface area contributed by atoms with Gasteiger partial charge in [0.05, 0.1) is 5.75 Å². The molecule has 0 aliphatic rings. The lowest BCUT2D eigenvalue weighted by molar-refractivity contribution is -0.133. The summed E-state index contributed by atoms with van der Waals surface area (Å²) in [6, 6.07) is 3.86. The van der Waals surface area contributed by atoms with Crippen molar-refractivity contribution < 1.29 is 9.90 Å². The number of pyridine rings is 1. The molecule has 0 fully saturated rings. The summed E-state index contributed by atoms with van der Waals surface area (Å²) in [6.45, 7) is 2.76. The van der Waals surface area contributed by atoms with E-state index in [4.69, 9.17) is 5.11 Å². The third-order valence-corrected chi connectivity index (χ3v) is 4.41. The number of hydrogen-bond donors (Lipinski definition) is 1. The molecule has 0 aliphatic heterocycles. The lowest BCUT2D eigenvalue weighted by atomic mass is 10.3. The van der Waals surface area contributed by atoms with Gasteiger partial charge in [0, 0.05) is 12.2 Å². The zero-order valence-electron chi connectivity index (χ0n) is 11.5. The summed E-state index contributed by atoms with van der Waals surface area (Å²) in [5.41, 5.74) is 2.62. The number of carboxylic acid groups (broad SMARTS) is 1. The molecule has 2 rings (SSSR count). The predicted octanol–water partition coefficient (Wildman–Crippen LogP) is 2.67. The van der Waals surface area contributed by atoms with Crippen LogP contribution >= 0.6 is 23.5 Å². The summed E-state index contributed by atoms with van der Waals surface area (Å²) < 4.78 is 2.03. The van der Waals surface area contributed by atoms with E-state index >= 15 is 0 Å². The summed E-state index contributed by atoms with van der Waals surface area (Å²) in [4.78, 5) is 19.8. The van der Waals surface area contributed by atoms with Gasteiger partial charge in [0.2, 0.25) is 0 Å². The van der Waals surface area contributed by atoms with E-state index in [9.17, 15) is 4.79 Å². The number of carbonyl (C=O) groups is 1. The number of aryl methyl sites for hydroxylation is 2. The highest BCUT2D eigenvalue weighted by atomic mass is 32.2. The zero-order chi connectivity index (χ0) is 14.5. The Bertz CT molecular complexity index is 613. The van der Waals surface area contributed by atoms with E-state index in [1.807, 2.05) is 23.6 Å². The maximum atomic E-state index is 10.7. The first-order valence-corrected chi connectivity index (χ1v) is 8.67. The van der Waals surface area contributed by atoms with Gasteiger partial charge in [0.15, 0.2) is 10.8 Å². The van der Waals surface area contributed by atoms with Crippen LogP contribution < -0.4 is 0 Å². The second kappa shape index (κ2) is 6.99. The van der Waals surface area contributed by atoms with E-state index in [1.54, 1.807) is 11.8 Å². The van der Waals surface area contributed by atoms with Gasteiger partial charge in [-0.05, 0) is 37.5 Å². The number of nitrogens with zero attached hydrogens (tertiary/aromatic N) is 3. The first-order chi connectivity index (χ1) is 9.61. The van der Waals surface area contributed by atoms with E-state index in [-0.39, 0.29) is 5.75 Å². The highest BCUT2D eigenvalue weighted by Crippen LogP contribution is 2.23. The molecule has 5 nitrogen and oxygen atoms in total. The van der Waals surface area contributed by atoms with Gasteiger partial charge in [0.1, 0.15) is 5.52 Å². The largest absolute Gasteiger partial charge is 0.481 e. The Morgan fingerprint density at radius 3 is 2.90 bits per heavy atom. The number of aromatic nitrogens is 3. The number of hydrogen-bond acceptors (Lipinski definition) is 5. The first-order valence-electron chi connectivity index (χ1n) is 6.29. The van der Waals surface area contributed by atoms with Gasteiger partial charge in [-0.25, -0.2) is 9.97 Å². The SMILES string of the molecule is CSCCCn1c(SCC(=O)O)nc2ccc(C)nc21. The molecular weight excluding hydrogens is 294 g/mol. The molecule has 20 heavy (non-hydrogen) atoms. The fourth-order valence-corrected chi connectivity index (χ4v) is 3.05. The Balaban J connectivity index is 2.32. The maximum absolute atomic E-state index is 10.7. The number of fused-ring (bicyclic) bond motifs is 1. The van der Waals surface area contributed by atoms with E-state index in [2.05, 4.69) is 16.2 Å². The minimum Gasteiger partial charge on any atom is -0.481 e. The highest BCUT2D eigenvalue weighted by Gasteiger charge is 2.13. The molecule has 0 amide bonds. The highest BCUT2D eigenvalue weighted by molar-refractivity contribution is 7.99. The van der Waals surface area contributed by atoms with Crippen LogP contribution in [-0.4, -0.2) is 43.4 Å². The number of carboxylic acids is 1. The summed E-state index contributed by atoms with van der Waals surface area (Å²) in [5, 5.41) is 9.56. The van der Waals surface area contributed by atoms with Gasteiger partial charge in [-0.2, -0.15) is 11.8 Å². The summed E-state index contributed by atoms with van der Waals surface area (Å²) in [5.74, 6) is 0.251. The van der Waals surface area contributed by atoms with Crippen LogP contribution in [0.4, 0.5) is 0 Å². The standard InChI is InChI=1S/C13H17N3O2S2/c1-9-4-5-10-12(14-9)16(6-3-7-19-2)13(15-10)20-8-11(17)18/h4-5H,3,6-8H2,1-2H3,(H,17,18). The van der Waals surface area contributed by atoms with Crippen molar-refractivity contribution in [2.75, 3.05) is 17.8 Å². The fraction of sp³-hybridized carbons (Fsp3) is 0.462. The van der Waals surface area contributed by atoms with Gasteiger partial charge >= 0.3 is 5.97 Å². The first kappa shape index (κ1) is 15.2. The molecule has 7 heteroatoms. The lowest BCUT2D eigenvalue weighted by Gasteiger charge is -2.07. The van der Waals surface area contributed by atoms with Gasteiger partial charge < -0.3 is 9.67 Å². The average molecular weight is 311 g/mol. The number of rotatable bonds is 7. The summed E-state index contributed by atoms with van der Waals surface area (Å²) >= 11 is 3.05. The van der Waals surface area contributed by atoms with E-state index in [0.29, 0.717) is 0 Å². The number of thioether (sulfide) groups is 2. The van der Waals surface area contributed by atoms with Crippen LogP contribution in [0.15, 0.2) is 17.3 Å². The molecule has 0 radical (unpaired) electrons. The number of aliphatic carboxylic acids is 1. The molecule has 2 heterocycles. The van der Waals surface area contributed by atoms with E-state index in [1.165, 1.54) is 11.8 Å². The smallest absolute Gasteiger partial charge is 0.313 e. The van der Waals surface area contributed by atoms with Gasteiger partial charge in [-0.15, -0.1) is 0 Å². The molecular formula is C13H17N3O2S2. The van der Waals surface area contributed by atoms with Crippen LogP contribution in [0.5, 0.6) is 0 Å². The number of imidazole rings is 1. The Labute approximate surface area is 126 Å². The van der Waals surface area contributed by atoms with Crippen LogP contribution in [0.3, 0.4) is 0 Å². The molecule has 0 aliphatic carbocycles. The van der Waals surface area contributed by atoms with Crippen molar-refractivity contribution >= 4 is 40.7 Å². The Kier molecular flexibility index (Phi) is 5.31. The minimum atomic E-state index is -0.832. The summed E-state index contributed by atoms with van der Waals surface area (Å²) in [7, 11) is 0. The van der Waals surface area contributed by atoms with Gasteiger partial charge in [-0.3, -0.25) is 4.79 Å². The molecule has 0 aromatic carbocycles. The molecule has 0 saturated carbocycles. The zero-order valence-corrected chi connectivity index (χ0v) is 13.1. The Morgan fingerprint density at radius 2 is 2.20 bits per heavy atom. The van der Waals surface area contributed by atoms with Crippen molar-refractivity contribution in [3.8, 4) is 0 Å². The van der Waals surface area contributed by atoms with Crippen molar-refractivity contribution in [2.45, 2.75) is 25.0 Å². The van der Waals surface area contributed by atoms with Crippen LogP contribution in [0, 0.1) is 6.92 Å². The van der Waals surface area contributed by atoms with E-state index in [0.717, 1.165) is 40.7 Å². The quantitative estimate of drug-likeness (QED) is 0.626. The van der Waals surface area contributed by atoms with Crippen LogP contribution in [0.25, 0.3) is 11.2 Å². The van der Waals surface area contributed by atoms with Crippen LogP contribution in [0.2, 0.25) is 0 Å². The molecule has 2 aromatic heterocycles. The van der Waals surface area contributed by atoms with Crippen molar-refractivity contribution in [2.24, 2.45) is 0 Å². The van der Waals surface area contributed by atoms with Gasteiger partial charge in [-0.1, -0.05) is 11.8 Å². The monoisotopic (exact) mass is 311 g/mol. The second-order valence-electron chi connectivity index (χ2n) is 4.37. The third-order valence-electron chi connectivity index (χ3n) is 2.75. The summed E-state index contributed by atoms with van der Waals surface area (Å²) in [6.07, 6.45) is 3.09. The minimum absolute atomic E-state index is 0.0187. The van der Waals surface area contributed by atoms with Crippen molar-refractivity contribution in [3.63, 3.8) is 0 Å². The van der Waals surface area contributed by atoms with Crippen LogP contribution in [-0.2, 0) is 11.3 Å². The predicted molar refractivity (Wildman–Crippen MR) is 83.6 cm³/mol. The van der Waals surface area contributed by atoms with Crippen molar-refractivity contribution in [3.05, 3.63) is 17.8 Å². The molecule has 0 atom stereocenters. The topological polar surface area (TPSA) is 68.0 Å². The molecule has 108 valence electrons. The third kappa shape index (κ3) is 3.67. The Morgan fingerprint density at radius 1 is 1.40 bits per heavy atom. The molecule has 0 spiro atoms. The molecule has 1 N–H and O–H groups in total. The average Bonchev–Trinajstić information content (AvgIpc) is 2.74. The van der Waals surface area contributed by atoms with Crippen LogP contribution in [0.1, 0.15) is 12.1 Å². The molecule has 0 unspecified atom stereocenters. The second-order valence-corrected chi connectivity index (χ2v) is 6.30. The molecule has 2 aromatic rings. The fourth-order valence-electron chi connectivity index (χ4n) is 1.88. The van der Waals surface area contributed by atoms with Crippen molar-refractivity contribution in [1.82, 2.24) is 14.5 Å². The maximum Gasteiger partial charge on any atom is 0.313 e. The molecule has 0 saturated heterocycles. The Hall–Kier alpha value is -1.21.